The van der Waals surface area contributed by atoms with Crippen LogP contribution in [0.25, 0.3) is 11.2 Å². The molecule has 0 atom stereocenters. The molecule has 0 unspecified atom stereocenters. The summed E-state index contributed by atoms with van der Waals surface area (Å²) in [4.78, 5) is 33.6. The van der Waals surface area contributed by atoms with Gasteiger partial charge in [-0.15, -0.1) is 0 Å². The number of carboxylic acid groups (broad SMARTS) is 1. The van der Waals surface area contributed by atoms with E-state index in [9.17, 15) is 18.0 Å². The number of carbonyl (C=O) groups excluding carboxylic acids is 1. The van der Waals surface area contributed by atoms with Crippen LogP contribution in [0.5, 0.6) is 0 Å². The first kappa shape index (κ1) is 24.5. The Morgan fingerprint density at radius 1 is 1.14 bits per heavy atom. The van der Waals surface area contributed by atoms with Crippen LogP contribution in [0.2, 0.25) is 0 Å². The Morgan fingerprint density at radius 3 is 2.49 bits per heavy atom. The quantitative estimate of drug-likeness (QED) is 0.420. The molecule has 0 spiro atoms. The van der Waals surface area contributed by atoms with Gasteiger partial charge in [0, 0.05) is 25.7 Å². The van der Waals surface area contributed by atoms with E-state index in [1.165, 1.54) is 17.3 Å². The second kappa shape index (κ2) is 9.90. The first-order valence-electron chi connectivity index (χ1n) is 11.3. The average molecular weight is 501 g/mol. The first-order valence-corrected chi connectivity index (χ1v) is 12.8. The minimum atomic E-state index is -3.82. The number of hydrogen-bond donors (Lipinski definition) is 3. The number of carbonyl (C=O) groups is 2. The van der Waals surface area contributed by atoms with Gasteiger partial charge < -0.3 is 10.0 Å². The highest BCUT2D eigenvalue weighted by molar-refractivity contribution is 7.90. The van der Waals surface area contributed by atoms with Gasteiger partial charge >= 0.3 is 6.09 Å². The molecule has 1 aromatic carbocycles. The van der Waals surface area contributed by atoms with Gasteiger partial charge in [-0.25, -0.2) is 27.2 Å². The zero-order valence-electron chi connectivity index (χ0n) is 19.5. The smallest absolute Gasteiger partial charge is 0.407 e. The summed E-state index contributed by atoms with van der Waals surface area (Å²) in [6, 6.07) is 8.10. The Balaban J connectivity index is 1.35. The average Bonchev–Trinajstić information content (AvgIpc) is 3.27. The molecular formula is C23H28N6O5S. The lowest BCUT2D eigenvalue weighted by molar-refractivity contribution is -0.121. The number of anilines is 1. The van der Waals surface area contributed by atoms with E-state index in [0.717, 1.165) is 35.2 Å². The Morgan fingerprint density at radius 2 is 1.83 bits per heavy atom. The fraction of sp³-hybridized carbons (Fsp3) is 0.391. The van der Waals surface area contributed by atoms with Crippen LogP contribution >= 0.6 is 0 Å². The van der Waals surface area contributed by atoms with E-state index >= 15 is 0 Å². The van der Waals surface area contributed by atoms with Crippen molar-refractivity contribution in [3.63, 3.8) is 0 Å². The molecule has 35 heavy (non-hydrogen) atoms. The zero-order valence-corrected chi connectivity index (χ0v) is 20.3. The molecule has 0 aliphatic heterocycles. The minimum absolute atomic E-state index is 0.00549. The molecule has 0 radical (unpaired) electrons. The summed E-state index contributed by atoms with van der Waals surface area (Å²) in [5, 5.41) is 9.10. The summed E-state index contributed by atoms with van der Waals surface area (Å²) >= 11 is 0. The molecule has 1 saturated carbocycles. The minimum Gasteiger partial charge on any atom is -0.465 e. The summed E-state index contributed by atoms with van der Waals surface area (Å²) in [6.07, 6.45) is 5.18. The van der Waals surface area contributed by atoms with Gasteiger partial charge in [0.15, 0.2) is 11.5 Å². The number of hydrogen-bond acceptors (Lipinski definition) is 7. The second-order valence-electron chi connectivity index (χ2n) is 8.84. The van der Waals surface area contributed by atoms with E-state index in [1.54, 1.807) is 37.4 Å². The topological polar surface area (TPSA) is 147 Å². The number of nitrogens with one attached hydrogen (secondary N) is 2. The molecule has 2 heterocycles. The lowest BCUT2D eigenvalue weighted by Crippen LogP contribution is -2.39. The maximum atomic E-state index is 13.0. The van der Waals surface area contributed by atoms with Gasteiger partial charge in [0.25, 0.3) is 10.0 Å². The van der Waals surface area contributed by atoms with E-state index in [1.807, 2.05) is 6.92 Å². The predicted molar refractivity (Wildman–Crippen MR) is 129 cm³/mol. The number of benzene rings is 1. The lowest BCUT2D eigenvalue weighted by Gasteiger charge is -2.32. The van der Waals surface area contributed by atoms with Crippen molar-refractivity contribution in [3.05, 3.63) is 48.3 Å². The molecule has 3 aromatic rings. The lowest BCUT2D eigenvalue weighted by atomic mass is 9.83. The van der Waals surface area contributed by atoms with Crippen LogP contribution < -0.4 is 10.9 Å². The molecule has 11 nitrogen and oxygen atoms in total. The largest absolute Gasteiger partial charge is 0.465 e. The van der Waals surface area contributed by atoms with Crippen molar-refractivity contribution < 1.29 is 23.1 Å². The first-order chi connectivity index (χ1) is 16.6. The molecule has 1 aliphatic rings. The van der Waals surface area contributed by atoms with E-state index in [0.29, 0.717) is 11.9 Å². The molecule has 1 aliphatic carbocycles. The molecule has 186 valence electrons. The fourth-order valence-electron chi connectivity index (χ4n) is 4.30. The van der Waals surface area contributed by atoms with Crippen LogP contribution in [0.4, 0.5) is 10.6 Å². The molecule has 0 bridgehead atoms. The summed E-state index contributed by atoms with van der Waals surface area (Å²) in [5.41, 5.74) is 6.85. The van der Waals surface area contributed by atoms with Gasteiger partial charge in [0.1, 0.15) is 5.52 Å². The number of aryl methyl sites for hydroxylation is 1. The highest BCUT2D eigenvalue weighted by Crippen LogP contribution is 2.29. The molecular weight excluding hydrogens is 472 g/mol. The summed E-state index contributed by atoms with van der Waals surface area (Å²) in [7, 11) is -2.24. The Labute approximate surface area is 203 Å². The van der Waals surface area contributed by atoms with E-state index in [2.05, 4.69) is 20.8 Å². The highest BCUT2D eigenvalue weighted by atomic mass is 32.2. The van der Waals surface area contributed by atoms with Crippen molar-refractivity contribution >= 4 is 39.0 Å². The third kappa shape index (κ3) is 5.37. The Kier molecular flexibility index (Phi) is 6.92. The van der Waals surface area contributed by atoms with Crippen molar-refractivity contribution in [2.24, 2.45) is 5.92 Å². The van der Waals surface area contributed by atoms with Crippen LogP contribution in [0, 0.1) is 12.8 Å². The summed E-state index contributed by atoms with van der Waals surface area (Å²) in [6.45, 7) is 1.88. The number of aromatic nitrogens is 3. The maximum absolute atomic E-state index is 13.0. The monoisotopic (exact) mass is 500 g/mol. The molecule has 12 heteroatoms. The zero-order chi connectivity index (χ0) is 25.2. The third-order valence-electron chi connectivity index (χ3n) is 6.40. The number of amides is 2. The van der Waals surface area contributed by atoms with Gasteiger partial charge in [-0.1, -0.05) is 17.7 Å². The Hall–Kier alpha value is -3.67. The molecule has 2 amide bonds. The van der Waals surface area contributed by atoms with Gasteiger partial charge in [0.05, 0.1) is 11.1 Å². The predicted octanol–water partition coefficient (Wildman–Crippen LogP) is 2.98. The Bertz CT molecular complexity index is 1330. The van der Waals surface area contributed by atoms with Crippen LogP contribution in [-0.2, 0) is 14.8 Å². The summed E-state index contributed by atoms with van der Waals surface area (Å²) in [5.74, 6) is 0.259. The molecule has 4 rings (SSSR count). The molecule has 2 aromatic heterocycles. The van der Waals surface area contributed by atoms with E-state index in [4.69, 9.17) is 5.11 Å². The van der Waals surface area contributed by atoms with Crippen molar-refractivity contribution in [2.75, 3.05) is 12.5 Å². The highest BCUT2D eigenvalue weighted by Gasteiger charge is 2.27. The van der Waals surface area contributed by atoms with Gasteiger partial charge in [-0.3, -0.25) is 15.6 Å². The van der Waals surface area contributed by atoms with Crippen molar-refractivity contribution in [1.29, 1.82) is 0 Å². The van der Waals surface area contributed by atoms with Crippen molar-refractivity contribution in [2.45, 2.75) is 50.0 Å². The van der Waals surface area contributed by atoms with Crippen LogP contribution in [-0.4, -0.2) is 57.5 Å². The molecule has 0 saturated heterocycles. The van der Waals surface area contributed by atoms with Crippen LogP contribution in [0.1, 0.15) is 37.7 Å². The SMILES string of the molecule is Cc1ccc(S(=O)(=O)n2ccc3nc(NNC(=O)C[C@H]4CC[C@H](N(C)C(=O)O)CC4)cnc32)cc1. The van der Waals surface area contributed by atoms with Gasteiger partial charge in [0.2, 0.25) is 5.91 Å². The fourth-order valence-corrected chi connectivity index (χ4v) is 5.60. The van der Waals surface area contributed by atoms with Crippen molar-refractivity contribution in [1.82, 2.24) is 24.3 Å². The van der Waals surface area contributed by atoms with E-state index < -0.39 is 16.1 Å². The number of hydrazine groups is 1. The maximum Gasteiger partial charge on any atom is 0.407 e. The third-order valence-corrected chi connectivity index (χ3v) is 8.08. The molecule has 1 fully saturated rings. The standard InChI is InChI=1S/C23H28N6O5S/c1-15-3-9-18(10-4-15)35(33,34)29-12-11-19-22(29)24-14-20(25-19)26-27-21(30)13-16-5-7-17(8-6-16)28(2)23(31)32/h3-4,9-12,14,16-17H,5-8,13H2,1-2H3,(H,25,26)(H,27,30)(H,31,32)/t16-,17-. The van der Waals surface area contributed by atoms with Crippen molar-refractivity contribution in [3.8, 4) is 0 Å². The number of rotatable bonds is 7. The molecule has 3 N–H and O–H groups in total. The van der Waals surface area contributed by atoms with Crippen LogP contribution in [0.3, 0.4) is 0 Å². The van der Waals surface area contributed by atoms with Gasteiger partial charge in [-0.05, 0) is 56.7 Å². The van der Waals surface area contributed by atoms with Gasteiger partial charge in [-0.2, -0.15) is 0 Å². The van der Waals surface area contributed by atoms with E-state index in [-0.39, 0.29) is 34.2 Å². The normalized spacial score (nSPS) is 18.2. The van der Waals surface area contributed by atoms with Crippen LogP contribution in [0.15, 0.2) is 47.6 Å². The number of fused-ring (bicyclic) bond motifs is 1. The summed E-state index contributed by atoms with van der Waals surface area (Å²) < 4.78 is 27.1. The number of nitrogens with zero attached hydrogens (tertiary/aromatic N) is 4. The second-order valence-corrected chi connectivity index (χ2v) is 10.7.